The van der Waals surface area contributed by atoms with Gasteiger partial charge in [-0.1, -0.05) is 60.7 Å². The smallest absolute Gasteiger partial charge is 0.412 e. The molecule has 242 valence electrons. The van der Waals surface area contributed by atoms with Crippen LogP contribution in [-0.4, -0.2) is 46.9 Å². The molecule has 1 aromatic heterocycles. The van der Waals surface area contributed by atoms with Gasteiger partial charge in [0.25, 0.3) is 5.91 Å². The Balaban J connectivity index is 1.15. The highest BCUT2D eigenvalue weighted by Crippen LogP contribution is 2.51. The standard InChI is InChI=1S/C37H39N5O5/c1-36(2,3)47-35(46)41-29-15-13-25(24-9-5-4-6-10-24)21-30(29)39-33(43)26-14-16-32(38-23-26)42-19-17-37(18-20-42)22-31(40-34(44)45)27-11-7-8-12-28(27)37/h4-16,21,23,31,40H,17-20,22H2,1-3H3,(H,39,43)(H,41,46)(H,44,45). The second kappa shape index (κ2) is 12.8. The van der Waals surface area contributed by atoms with E-state index in [1.807, 2.05) is 66.7 Å². The van der Waals surface area contributed by atoms with Crippen molar-refractivity contribution in [3.63, 3.8) is 0 Å². The number of fused-ring (bicyclic) bond motifs is 2. The first-order valence-electron chi connectivity index (χ1n) is 15.8. The van der Waals surface area contributed by atoms with E-state index in [1.54, 1.807) is 39.1 Å². The van der Waals surface area contributed by atoms with Crippen molar-refractivity contribution in [2.24, 2.45) is 0 Å². The van der Waals surface area contributed by atoms with Crippen LogP contribution in [0.4, 0.5) is 26.8 Å². The SMILES string of the molecule is CC(C)(C)OC(=O)Nc1ccc(-c2ccccc2)cc1NC(=O)c1ccc(N2CCC3(CC2)CC(NC(=O)O)c2ccccc23)nc1. The number of carbonyl (C=O) groups excluding carboxylic acids is 2. The summed E-state index contributed by atoms with van der Waals surface area (Å²) in [6, 6.07) is 26.7. The largest absolute Gasteiger partial charge is 0.465 e. The van der Waals surface area contributed by atoms with Crippen molar-refractivity contribution in [3.05, 3.63) is 108 Å². The van der Waals surface area contributed by atoms with Gasteiger partial charge in [0.15, 0.2) is 0 Å². The molecule has 10 heteroatoms. The van der Waals surface area contributed by atoms with Gasteiger partial charge in [-0.2, -0.15) is 0 Å². The Hall–Kier alpha value is -5.38. The van der Waals surface area contributed by atoms with Crippen molar-refractivity contribution < 1.29 is 24.2 Å². The maximum absolute atomic E-state index is 13.5. The topological polar surface area (TPSA) is 133 Å². The van der Waals surface area contributed by atoms with Gasteiger partial charge < -0.3 is 25.4 Å². The number of hydrogen-bond acceptors (Lipinski definition) is 6. The maximum atomic E-state index is 13.5. The molecule has 3 amide bonds. The molecule has 4 aromatic rings. The summed E-state index contributed by atoms with van der Waals surface area (Å²) in [6.45, 7) is 6.89. The second-order valence-corrected chi connectivity index (χ2v) is 13.2. The van der Waals surface area contributed by atoms with E-state index < -0.39 is 17.8 Å². The van der Waals surface area contributed by atoms with Gasteiger partial charge in [0.2, 0.25) is 0 Å². The lowest BCUT2D eigenvalue weighted by atomic mass is 9.73. The van der Waals surface area contributed by atoms with Gasteiger partial charge in [-0.05, 0) is 86.6 Å². The molecule has 0 saturated carbocycles. The first-order valence-corrected chi connectivity index (χ1v) is 15.8. The molecule has 1 saturated heterocycles. The molecule has 1 atom stereocenters. The predicted octanol–water partition coefficient (Wildman–Crippen LogP) is 7.60. The van der Waals surface area contributed by atoms with Crippen molar-refractivity contribution in [3.8, 4) is 11.1 Å². The van der Waals surface area contributed by atoms with Gasteiger partial charge in [-0.25, -0.2) is 14.6 Å². The third kappa shape index (κ3) is 7.06. The highest BCUT2D eigenvalue weighted by molar-refractivity contribution is 6.07. The normalized spacial score (nSPS) is 16.7. The van der Waals surface area contributed by atoms with E-state index in [-0.39, 0.29) is 17.4 Å². The predicted molar refractivity (Wildman–Crippen MR) is 182 cm³/mol. The van der Waals surface area contributed by atoms with E-state index in [9.17, 15) is 19.5 Å². The molecule has 4 N–H and O–H groups in total. The molecule has 2 aliphatic rings. The number of nitrogens with one attached hydrogen (secondary N) is 3. The average Bonchev–Trinajstić information content (AvgIpc) is 3.33. The van der Waals surface area contributed by atoms with Crippen LogP contribution in [0, 0.1) is 0 Å². The Bertz CT molecular complexity index is 1780. The molecular weight excluding hydrogens is 594 g/mol. The van der Waals surface area contributed by atoms with E-state index in [0.717, 1.165) is 54.9 Å². The average molecular weight is 634 g/mol. The van der Waals surface area contributed by atoms with Crippen LogP contribution in [0.2, 0.25) is 0 Å². The molecule has 0 bridgehead atoms. The first-order chi connectivity index (χ1) is 22.5. The molecular formula is C37H39N5O5. The Morgan fingerprint density at radius 1 is 0.872 bits per heavy atom. The van der Waals surface area contributed by atoms with Gasteiger partial charge >= 0.3 is 12.2 Å². The molecule has 1 aliphatic heterocycles. The number of nitrogens with zero attached hydrogens (tertiary/aromatic N) is 2. The van der Waals surface area contributed by atoms with E-state index >= 15 is 0 Å². The minimum absolute atomic E-state index is 0.0840. The van der Waals surface area contributed by atoms with Crippen molar-refractivity contribution in [1.82, 2.24) is 10.3 Å². The second-order valence-electron chi connectivity index (χ2n) is 13.2. The number of benzene rings is 3. The summed E-state index contributed by atoms with van der Waals surface area (Å²) < 4.78 is 5.44. The molecule has 1 fully saturated rings. The van der Waals surface area contributed by atoms with Crippen LogP contribution in [0.1, 0.15) is 67.6 Å². The van der Waals surface area contributed by atoms with Crippen LogP contribution in [0.25, 0.3) is 11.1 Å². The summed E-state index contributed by atoms with van der Waals surface area (Å²) in [5.41, 5.74) is 4.60. The van der Waals surface area contributed by atoms with Crippen molar-refractivity contribution in [1.29, 1.82) is 0 Å². The van der Waals surface area contributed by atoms with Gasteiger partial charge in [-0.15, -0.1) is 0 Å². The lowest BCUT2D eigenvalue weighted by Crippen LogP contribution is -2.42. The fraction of sp³-hybridized carbons (Fsp3) is 0.297. The summed E-state index contributed by atoms with van der Waals surface area (Å²) in [5.74, 6) is 0.417. The molecule has 1 aliphatic carbocycles. The molecule has 1 spiro atoms. The number of carbonyl (C=O) groups is 3. The molecule has 6 rings (SSSR count). The van der Waals surface area contributed by atoms with Crippen molar-refractivity contribution >= 4 is 35.3 Å². The number of anilines is 3. The van der Waals surface area contributed by atoms with Crippen LogP contribution in [0.5, 0.6) is 0 Å². The van der Waals surface area contributed by atoms with Crippen LogP contribution >= 0.6 is 0 Å². The summed E-state index contributed by atoms with van der Waals surface area (Å²) in [6.07, 6.45) is 2.43. The van der Waals surface area contributed by atoms with Crippen molar-refractivity contribution in [2.75, 3.05) is 28.6 Å². The number of pyridine rings is 1. The number of ether oxygens (including phenoxy) is 1. The third-order valence-electron chi connectivity index (χ3n) is 8.87. The summed E-state index contributed by atoms with van der Waals surface area (Å²) in [7, 11) is 0. The Kier molecular flexibility index (Phi) is 8.60. The highest BCUT2D eigenvalue weighted by atomic mass is 16.6. The fourth-order valence-corrected chi connectivity index (χ4v) is 6.69. The molecule has 1 unspecified atom stereocenters. The number of aromatic nitrogens is 1. The maximum Gasteiger partial charge on any atom is 0.412 e. The van der Waals surface area contributed by atoms with E-state index in [0.29, 0.717) is 16.9 Å². The lowest BCUT2D eigenvalue weighted by molar-refractivity contribution is 0.0635. The number of carboxylic acid groups (broad SMARTS) is 1. The quantitative estimate of drug-likeness (QED) is 0.172. The van der Waals surface area contributed by atoms with Gasteiger partial charge in [0, 0.05) is 24.7 Å². The molecule has 47 heavy (non-hydrogen) atoms. The Morgan fingerprint density at radius 3 is 2.28 bits per heavy atom. The molecule has 3 aromatic carbocycles. The molecule has 0 radical (unpaired) electrons. The number of amides is 3. The summed E-state index contributed by atoms with van der Waals surface area (Å²) in [5, 5.41) is 17.8. The molecule has 2 heterocycles. The minimum Gasteiger partial charge on any atom is -0.465 e. The first kappa shape index (κ1) is 31.6. The molecule has 10 nitrogen and oxygen atoms in total. The van der Waals surface area contributed by atoms with Crippen LogP contribution in [0.15, 0.2) is 91.1 Å². The summed E-state index contributed by atoms with van der Waals surface area (Å²) >= 11 is 0. The van der Waals surface area contributed by atoms with Gasteiger partial charge in [0.05, 0.1) is 23.0 Å². The zero-order valence-electron chi connectivity index (χ0n) is 26.7. The Labute approximate surface area is 274 Å². The van der Waals surface area contributed by atoms with E-state index in [2.05, 4.69) is 31.9 Å². The number of piperidine rings is 1. The minimum atomic E-state index is -1.01. The van der Waals surface area contributed by atoms with Crippen LogP contribution < -0.4 is 20.9 Å². The number of rotatable bonds is 6. The zero-order valence-corrected chi connectivity index (χ0v) is 26.7. The van der Waals surface area contributed by atoms with Crippen molar-refractivity contribution in [2.45, 2.75) is 57.1 Å². The Morgan fingerprint density at radius 2 is 1.60 bits per heavy atom. The van der Waals surface area contributed by atoms with Gasteiger partial charge in [-0.3, -0.25) is 10.1 Å². The van der Waals surface area contributed by atoms with Crippen LogP contribution in [0.3, 0.4) is 0 Å². The lowest BCUT2D eigenvalue weighted by Gasteiger charge is -2.41. The highest BCUT2D eigenvalue weighted by Gasteiger charge is 2.46. The zero-order chi connectivity index (χ0) is 33.2. The van der Waals surface area contributed by atoms with E-state index in [1.165, 1.54) is 5.56 Å². The van der Waals surface area contributed by atoms with Crippen LogP contribution in [-0.2, 0) is 10.2 Å². The third-order valence-corrected chi connectivity index (χ3v) is 8.87. The van der Waals surface area contributed by atoms with E-state index in [4.69, 9.17) is 4.74 Å². The number of hydrogen-bond donors (Lipinski definition) is 4. The fourth-order valence-electron chi connectivity index (χ4n) is 6.69. The summed E-state index contributed by atoms with van der Waals surface area (Å²) in [4.78, 5) is 44.3. The van der Waals surface area contributed by atoms with Gasteiger partial charge in [0.1, 0.15) is 11.4 Å². The monoisotopic (exact) mass is 633 g/mol.